The smallest absolute Gasteiger partial charge is 0.143 e. The second-order valence-corrected chi connectivity index (χ2v) is 6.83. The molecule has 3 rings (SSSR count). The average Bonchev–Trinajstić information content (AvgIpc) is 2.64. The van der Waals surface area contributed by atoms with Gasteiger partial charge in [-0.3, -0.25) is 0 Å². The van der Waals surface area contributed by atoms with Crippen LogP contribution in [-0.2, 0) is 5.41 Å². The second kappa shape index (κ2) is 6.90. The topological polar surface area (TPSA) is 47.6 Å². The van der Waals surface area contributed by atoms with Crippen molar-refractivity contribution in [3.8, 4) is 12.1 Å². The van der Waals surface area contributed by atoms with Crippen LogP contribution in [0.15, 0.2) is 60.7 Å². The Morgan fingerprint density at radius 2 is 1.04 bits per heavy atom. The van der Waals surface area contributed by atoms with Gasteiger partial charge < -0.3 is 0 Å². The molecule has 0 unspecified atom stereocenters. The van der Waals surface area contributed by atoms with Crippen molar-refractivity contribution in [3.63, 3.8) is 0 Å². The van der Waals surface area contributed by atoms with E-state index in [1.807, 2.05) is 0 Å². The molecule has 0 heterocycles. The van der Waals surface area contributed by atoms with Gasteiger partial charge in [0, 0.05) is 5.41 Å². The third-order valence-corrected chi connectivity index (χ3v) is 5.49. The monoisotopic (exact) mass is 314 g/mol. The summed E-state index contributed by atoms with van der Waals surface area (Å²) in [7, 11) is 0. The van der Waals surface area contributed by atoms with E-state index in [1.165, 1.54) is 11.1 Å². The van der Waals surface area contributed by atoms with Crippen LogP contribution in [0.3, 0.4) is 0 Å². The van der Waals surface area contributed by atoms with Crippen molar-refractivity contribution < 1.29 is 0 Å². The molecule has 1 fully saturated rings. The molecule has 1 saturated carbocycles. The van der Waals surface area contributed by atoms with E-state index in [0.29, 0.717) is 12.8 Å². The van der Waals surface area contributed by atoms with Crippen LogP contribution in [-0.4, -0.2) is 0 Å². The summed E-state index contributed by atoms with van der Waals surface area (Å²) in [5.74, 6) is 0. The lowest BCUT2D eigenvalue weighted by Gasteiger charge is -2.38. The highest BCUT2D eigenvalue weighted by molar-refractivity contribution is 5.39. The van der Waals surface area contributed by atoms with Gasteiger partial charge in [-0.1, -0.05) is 60.7 Å². The third-order valence-electron chi connectivity index (χ3n) is 5.49. The SMILES string of the molecule is N#CC1(C#N)CCCC(c2ccccc2)(c2ccccc2)CCC1. The van der Waals surface area contributed by atoms with Gasteiger partial charge in [0.05, 0.1) is 12.1 Å². The highest BCUT2D eigenvalue weighted by Crippen LogP contribution is 2.46. The number of nitriles is 2. The maximum atomic E-state index is 9.45. The molecule has 2 nitrogen and oxygen atoms in total. The van der Waals surface area contributed by atoms with Crippen LogP contribution in [0.4, 0.5) is 0 Å². The van der Waals surface area contributed by atoms with Crippen molar-refractivity contribution in [3.05, 3.63) is 71.8 Å². The Bertz CT molecular complexity index is 683. The highest BCUT2D eigenvalue weighted by atomic mass is 14.4. The Labute approximate surface area is 144 Å². The average molecular weight is 314 g/mol. The van der Waals surface area contributed by atoms with E-state index in [4.69, 9.17) is 0 Å². The Balaban J connectivity index is 2.00. The van der Waals surface area contributed by atoms with Crippen LogP contribution in [0.1, 0.15) is 49.7 Å². The molecule has 0 bridgehead atoms. The summed E-state index contributed by atoms with van der Waals surface area (Å²) >= 11 is 0. The minimum atomic E-state index is -0.792. The van der Waals surface area contributed by atoms with Gasteiger partial charge in [-0.05, 0) is 49.7 Å². The molecule has 24 heavy (non-hydrogen) atoms. The lowest BCUT2D eigenvalue weighted by molar-refractivity contribution is 0.300. The van der Waals surface area contributed by atoms with Gasteiger partial charge in [0.1, 0.15) is 5.41 Å². The maximum Gasteiger partial charge on any atom is 0.143 e. The summed E-state index contributed by atoms with van der Waals surface area (Å²) < 4.78 is 0. The van der Waals surface area contributed by atoms with Crippen LogP contribution in [0.2, 0.25) is 0 Å². The zero-order valence-electron chi connectivity index (χ0n) is 13.9. The summed E-state index contributed by atoms with van der Waals surface area (Å²) in [6.07, 6.45) is 5.08. The molecule has 2 aromatic carbocycles. The van der Waals surface area contributed by atoms with E-state index in [-0.39, 0.29) is 5.41 Å². The first-order valence-corrected chi connectivity index (χ1v) is 8.68. The summed E-state index contributed by atoms with van der Waals surface area (Å²) in [5, 5.41) is 18.9. The predicted molar refractivity (Wildman–Crippen MR) is 95.0 cm³/mol. The Hall–Kier alpha value is -2.58. The molecule has 0 aromatic heterocycles. The number of nitrogens with zero attached hydrogens (tertiary/aromatic N) is 2. The molecule has 0 aliphatic heterocycles. The number of benzene rings is 2. The van der Waals surface area contributed by atoms with Gasteiger partial charge in [-0.2, -0.15) is 10.5 Å². The van der Waals surface area contributed by atoms with Crippen LogP contribution < -0.4 is 0 Å². The fourth-order valence-electron chi connectivity index (χ4n) is 4.14. The molecule has 2 heteroatoms. The minimum Gasteiger partial charge on any atom is -0.197 e. The van der Waals surface area contributed by atoms with Gasteiger partial charge in [-0.15, -0.1) is 0 Å². The van der Waals surface area contributed by atoms with Gasteiger partial charge in [-0.25, -0.2) is 0 Å². The molecule has 1 aliphatic rings. The maximum absolute atomic E-state index is 9.45. The molecule has 120 valence electrons. The summed E-state index contributed by atoms with van der Waals surface area (Å²) in [4.78, 5) is 0. The van der Waals surface area contributed by atoms with Crippen molar-refractivity contribution in [2.45, 2.75) is 43.9 Å². The molecule has 0 atom stereocenters. The molecule has 0 radical (unpaired) electrons. The van der Waals surface area contributed by atoms with E-state index in [1.54, 1.807) is 0 Å². The van der Waals surface area contributed by atoms with Crippen LogP contribution >= 0.6 is 0 Å². The molecule has 0 saturated heterocycles. The first-order chi connectivity index (χ1) is 11.7. The summed E-state index contributed by atoms with van der Waals surface area (Å²) in [5.41, 5.74) is 1.88. The van der Waals surface area contributed by atoms with Gasteiger partial charge in [0.25, 0.3) is 0 Å². The zero-order chi connectivity index (χ0) is 16.9. The second-order valence-electron chi connectivity index (χ2n) is 6.83. The number of hydrogen-bond acceptors (Lipinski definition) is 2. The van der Waals surface area contributed by atoms with Crippen molar-refractivity contribution in [2.75, 3.05) is 0 Å². The molecule has 0 spiro atoms. The predicted octanol–water partition coefficient (Wildman–Crippen LogP) is 5.36. The summed E-state index contributed by atoms with van der Waals surface area (Å²) in [6.45, 7) is 0. The highest BCUT2D eigenvalue weighted by Gasteiger charge is 2.39. The van der Waals surface area contributed by atoms with Gasteiger partial charge in [0.2, 0.25) is 0 Å². The third kappa shape index (κ3) is 2.93. The first-order valence-electron chi connectivity index (χ1n) is 8.68. The fraction of sp³-hybridized carbons (Fsp3) is 0.364. The summed E-state index contributed by atoms with van der Waals surface area (Å²) in [6, 6.07) is 26.0. The Morgan fingerprint density at radius 1 is 0.625 bits per heavy atom. The van der Waals surface area contributed by atoms with Crippen molar-refractivity contribution >= 4 is 0 Å². The van der Waals surface area contributed by atoms with Gasteiger partial charge in [0.15, 0.2) is 0 Å². The molecular formula is C22H22N2. The minimum absolute atomic E-state index is 0.0143. The Kier molecular flexibility index (Phi) is 4.68. The van der Waals surface area contributed by atoms with E-state index in [0.717, 1.165) is 25.7 Å². The van der Waals surface area contributed by atoms with Crippen LogP contribution in [0.25, 0.3) is 0 Å². The normalized spacial score (nSPS) is 19.2. The molecule has 1 aliphatic carbocycles. The van der Waals surface area contributed by atoms with E-state index < -0.39 is 5.41 Å². The van der Waals surface area contributed by atoms with Crippen LogP contribution in [0, 0.1) is 28.1 Å². The molecule has 0 N–H and O–H groups in total. The van der Waals surface area contributed by atoms with Crippen molar-refractivity contribution in [1.29, 1.82) is 10.5 Å². The quantitative estimate of drug-likeness (QED) is 0.749. The van der Waals surface area contributed by atoms with Crippen LogP contribution in [0.5, 0.6) is 0 Å². The first kappa shape index (κ1) is 16.3. The van der Waals surface area contributed by atoms with Crippen molar-refractivity contribution in [1.82, 2.24) is 0 Å². The van der Waals surface area contributed by atoms with E-state index in [9.17, 15) is 10.5 Å². The van der Waals surface area contributed by atoms with Crippen molar-refractivity contribution in [2.24, 2.45) is 5.41 Å². The molecule has 2 aromatic rings. The molecule has 0 amide bonds. The largest absolute Gasteiger partial charge is 0.197 e. The fourth-order valence-corrected chi connectivity index (χ4v) is 4.14. The number of rotatable bonds is 2. The molecular weight excluding hydrogens is 292 g/mol. The van der Waals surface area contributed by atoms with E-state index in [2.05, 4.69) is 72.8 Å². The zero-order valence-corrected chi connectivity index (χ0v) is 13.9. The van der Waals surface area contributed by atoms with E-state index >= 15 is 0 Å². The van der Waals surface area contributed by atoms with Gasteiger partial charge >= 0.3 is 0 Å². The lowest BCUT2D eigenvalue weighted by Crippen LogP contribution is -2.31. The number of hydrogen-bond donors (Lipinski definition) is 0. The Morgan fingerprint density at radius 3 is 1.42 bits per heavy atom. The standard InChI is InChI=1S/C22H22N2/c23-17-21(18-24)13-7-15-22(16-8-14-21,19-9-3-1-4-10-19)20-11-5-2-6-12-20/h1-6,9-12H,7-8,13-16H2. The lowest BCUT2D eigenvalue weighted by atomic mass is 9.64.